The summed E-state index contributed by atoms with van der Waals surface area (Å²) in [5, 5.41) is 4.17. The van der Waals surface area contributed by atoms with Crippen molar-refractivity contribution in [3.8, 4) is 11.5 Å². The second-order valence-electron chi connectivity index (χ2n) is 7.02. The summed E-state index contributed by atoms with van der Waals surface area (Å²) in [6.45, 7) is 4.35. The van der Waals surface area contributed by atoms with E-state index in [-0.39, 0.29) is 5.97 Å². The molecule has 3 nitrogen and oxygen atoms in total. The van der Waals surface area contributed by atoms with Gasteiger partial charge in [-0.15, -0.1) is 0 Å². The van der Waals surface area contributed by atoms with Gasteiger partial charge in [0.25, 0.3) is 0 Å². The number of benzene rings is 3. The molecule has 3 rings (SSSR count). The molecule has 0 aromatic heterocycles. The van der Waals surface area contributed by atoms with E-state index in [1.807, 2.05) is 24.3 Å². The highest BCUT2D eigenvalue weighted by Crippen LogP contribution is 2.36. The third-order valence-corrected chi connectivity index (χ3v) is 4.80. The first kappa shape index (κ1) is 19.2. The highest BCUT2D eigenvalue weighted by molar-refractivity contribution is 6.11. The molecule has 0 bridgehead atoms. The van der Waals surface area contributed by atoms with Crippen LogP contribution in [0.4, 0.5) is 0 Å². The SMILES string of the molecule is CCCCCCCCOc1cc(OC(C)=O)c2c(ccc3ccccc32)c1. The largest absolute Gasteiger partial charge is 0.493 e. The van der Waals surface area contributed by atoms with Crippen molar-refractivity contribution in [2.75, 3.05) is 6.61 Å². The average Bonchev–Trinajstić information content (AvgIpc) is 2.66. The Hall–Kier alpha value is -2.55. The minimum Gasteiger partial charge on any atom is -0.493 e. The summed E-state index contributed by atoms with van der Waals surface area (Å²) in [7, 11) is 0. The summed E-state index contributed by atoms with van der Waals surface area (Å²) in [6.07, 6.45) is 7.37. The number of esters is 1. The van der Waals surface area contributed by atoms with Gasteiger partial charge in [-0.1, -0.05) is 75.4 Å². The molecule has 0 atom stereocenters. The van der Waals surface area contributed by atoms with Crippen LogP contribution < -0.4 is 9.47 Å². The lowest BCUT2D eigenvalue weighted by Gasteiger charge is -2.13. The van der Waals surface area contributed by atoms with Crippen molar-refractivity contribution in [2.24, 2.45) is 0 Å². The van der Waals surface area contributed by atoms with E-state index in [9.17, 15) is 4.79 Å². The molecule has 0 heterocycles. The zero-order chi connectivity index (χ0) is 19.1. The average molecular weight is 364 g/mol. The molecule has 0 N–H and O–H groups in total. The van der Waals surface area contributed by atoms with E-state index >= 15 is 0 Å². The summed E-state index contributed by atoms with van der Waals surface area (Å²) < 4.78 is 11.5. The van der Waals surface area contributed by atoms with Gasteiger partial charge in [0.15, 0.2) is 0 Å². The van der Waals surface area contributed by atoms with Crippen LogP contribution in [0.25, 0.3) is 21.5 Å². The number of hydrogen-bond donors (Lipinski definition) is 0. The Labute approximate surface area is 161 Å². The van der Waals surface area contributed by atoms with Crippen molar-refractivity contribution in [1.82, 2.24) is 0 Å². The number of carbonyl (C=O) groups is 1. The van der Waals surface area contributed by atoms with E-state index in [0.29, 0.717) is 12.4 Å². The Kier molecular flexibility index (Phi) is 6.69. The molecule has 0 saturated heterocycles. The van der Waals surface area contributed by atoms with Crippen molar-refractivity contribution >= 4 is 27.5 Å². The summed E-state index contributed by atoms with van der Waals surface area (Å²) >= 11 is 0. The number of hydrogen-bond acceptors (Lipinski definition) is 3. The van der Waals surface area contributed by atoms with E-state index in [1.165, 1.54) is 39.0 Å². The maximum absolute atomic E-state index is 11.6. The summed E-state index contributed by atoms with van der Waals surface area (Å²) in [6, 6.07) is 16.2. The van der Waals surface area contributed by atoms with Crippen LogP contribution in [0.2, 0.25) is 0 Å². The predicted octanol–water partition coefficient (Wildman–Crippen LogP) is 6.66. The molecule has 0 radical (unpaired) electrons. The molecular formula is C24H28O3. The van der Waals surface area contributed by atoms with Gasteiger partial charge in [-0.2, -0.15) is 0 Å². The van der Waals surface area contributed by atoms with Crippen LogP contribution in [0.3, 0.4) is 0 Å². The summed E-state index contributed by atoms with van der Waals surface area (Å²) in [5.41, 5.74) is 0. The van der Waals surface area contributed by atoms with Crippen LogP contribution in [-0.4, -0.2) is 12.6 Å². The fraction of sp³-hybridized carbons (Fsp3) is 0.375. The molecule has 3 aromatic rings. The third kappa shape index (κ3) is 5.00. The highest BCUT2D eigenvalue weighted by atomic mass is 16.5. The second-order valence-corrected chi connectivity index (χ2v) is 7.02. The van der Waals surface area contributed by atoms with Gasteiger partial charge in [-0.3, -0.25) is 4.79 Å². The van der Waals surface area contributed by atoms with Crippen LogP contribution in [0.5, 0.6) is 11.5 Å². The minimum atomic E-state index is -0.322. The lowest BCUT2D eigenvalue weighted by molar-refractivity contribution is -0.131. The molecular weight excluding hydrogens is 336 g/mol. The van der Waals surface area contributed by atoms with E-state index in [0.717, 1.165) is 33.7 Å². The molecule has 142 valence electrons. The van der Waals surface area contributed by atoms with Gasteiger partial charge in [0, 0.05) is 18.4 Å². The van der Waals surface area contributed by atoms with Crippen molar-refractivity contribution < 1.29 is 14.3 Å². The number of fused-ring (bicyclic) bond motifs is 3. The van der Waals surface area contributed by atoms with Crippen molar-refractivity contribution in [3.63, 3.8) is 0 Å². The smallest absolute Gasteiger partial charge is 0.308 e. The third-order valence-electron chi connectivity index (χ3n) is 4.80. The molecule has 3 heteroatoms. The molecule has 0 aliphatic carbocycles. The molecule has 27 heavy (non-hydrogen) atoms. The van der Waals surface area contributed by atoms with Crippen molar-refractivity contribution in [1.29, 1.82) is 0 Å². The van der Waals surface area contributed by atoms with Gasteiger partial charge in [0.05, 0.1) is 6.61 Å². The fourth-order valence-corrected chi connectivity index (χ4v) is 3.47. The first-order valence-corrected chi connectivity index (χ1v) is 9.96. The number of carbonyl (C=O) groups excluding carboxylic acids is 1. The van der Waals surface area contributed by atoms with Gasteiger partial charge in [0.2, 0.25) is 0 Å². The van der Waals surface area contributed by atoms with Gasteiger partial charge in [-0.25, -0.2) is 0 Å². The molecule has 3 aromatic carbocycles. The Morgan fingerprint density at radius 1 is 0.889 bits per heavy atom. The van der Waals surface area contributed by atoms with Crippen LogP contribution in [0.1, 0.15) is 52.4 Å². The zero-order valence-corrected chi connectivity index (χ0v) is 16.3. The molecule has 0 spiro atoms. The second kappa shape index (κ2) is 9.40. The molecule has 0 fully saturated rings. The Bertz CT molecular complexity index is 914. The first-order valence-electron chi connectivity index (χ1n) is 9.96. The molecule has 0 aliphatic rings. The number of ether oxygens (including phenoxy) is 2. The zero-order valence-electron chi connectivity index (χ0n) is 16.3. The van der Waals surface area contributed by atoms with Crippen LogP contribution >= 0.6 is 0 Å². The van der Waals surface area contributed by atoms with Gasteiger partial charge >= 0.3 is 5.97 Å². The summed E-state index contributed by atoms with van der Waals surface area (Å²) in [5.74, 6) is 0.995. The Morgan fingerprint density at radius 2 is 1.63 bits per heavy atom. The molecule has 0 unspecified atom stereocenters. The number of unbranched alkanes of at least 4 members (excludes halogenated alkanes) is 5. The topological polar surface area (TPSA) is 35.5 Å². The minimum absolute atomic E-state index is 0.322. The van der Waals surface area contributed by atoms with Crippen molar-refractivity contribution in [3.05, 3.63) is 48.5 Å². The maximum Gasteiger partial charge on any atom is 0.308 e. The van der Waals surface area contributed by atoms with E-state index < -0.39 is 0 Å². The molecule has 0 amide bonds. The van der Waals surface area contributed by atoms with E-state index in [1.54, 1.807) is 0 Å². The number of rotatable bonds is 9. The van der Waals surface area contributed by atoms with E-state index in [4.69, 9.17) is 9.47 Å². The van der Waals surface area contributed by atoms with E-state index in [2.05, 4.69) is 31.2 Å². The predicted molar refractivity (Wildman–Crippen MR) is 112 cm³/mol. The molecule has 0 aliphatic heterocycles. The Balaban J connectivity index is 1.81. The van der Waals surface area contributed by atoms with Crippen LogP contribution in [0.15, 0.2) is 48.5 Å². The Morgan fingerprint density at radius 3 is 2.44 bits per heavy atom. The monoisotopic (exact) mass is 364 g/mol. The highest BCUT2D eigenvalue weighted by Gasteiger charge is 2.12. The fourth-order valence-electron chi connectivity index (χ4n) is 3.47. The van der Waals surface area contributed by atoms with Crippen molar-refractivity contribution in [2.45, 2.75) is 52.4 Å². The van der Waals surface area contributed by atoms with Crippen LogP contribution in [0, 0.1) is 0 Å². The maximum atomic E-state index is 11.6. The van der Waals surface area contributed by atoms with Gasteiger partial charge in [0.1, 0.15) is 11.5 Å². The lowest BCUT2D eigenvalue weighted by Crippen LogP contribution is -2.03. The van der Waals surface area contributed by atoms with Crippen LogP contribution in [-0.2, 0) is 4.79 Å². The van der Waals surface area contributed by atoms with Gasteiger partial charge in [-0.05, 0) is 28.6 Å². The quantitative estimate of drug-likeness (QED) is 0.184. The van der Waals surface area contributed by atoms with Gasteiger partial charge < -0.3 is 9.47 Å². The first-order chi connectivity index (χ1) is 13.2. The molecule has 0 saturated carbocycles. The normalized spacial score (nSPS) is 11.0. The lowest BCUT2D eigenvalue weighted by atomic mass is 10.0. The standard InChI is InChI=1S/C24H28O3/c1-3-4-5-6-7-10-15-26-21-16-20-14-13-19-11-8-9-12-22(19)24(20)23(17-21)27-18(2)25/h8-9,11-14,16-17H,3-7,10,15H2,1-2H3. The summed E-state index contributed by atoms with van der Waals surface area (Å²) in [4.78, 5) is 11.6.